The number of carbonyl (C=O) groups excluding carboxylic acids is 1. The van der Waals surface area contributed by atoms with Crippen molar-refractivity contribution >= 4 is 11.7 Å². The molecule has 0 bridgehead atoms. The zero-order chi connectivity index (χ0) is 13.7. The molecular formula is C13H12N4O2. The second kappa shape index (κ2) is 5.69. The van der Waals surface area contributed by atoms with E-state index in [9.17, 15) is 4.79 Å². The Hall–Kier alpha value is -2.81. The minimum absolute atomic E-state index is 0.100. The Morgan fingerprint density at radius 3 is 2.74 bits per heavy atom. The molecule has 0 fully saturated rings. The molecular weight excluding hydrogens is 244 g/mol. The molecule has 1 heterocycles. The summed E-state index contributed by atoms with van der Waals surface area (Å²) < 4.78 is 6.86. The van der Waals surface area contributed by atoms with E-state index in [0.29, 0.717) is 17.1 Å². The van der Waals surface area contributed by atoms with Crippen LogP contribution in [0.5, 0.6) is 5.75 Å². The predicted octanol–water partition coefficient (Wildman–Crippen LogP) is 1.31. The number of aromatic nitrogens is 2. The van der Waals surface area contributed by atoms with Crippen LogP contribution in [0.15, 0.2) is 36.5 Å². The van der Waals surface area contributed by atoms with Crippen LogP contribution in [0.25, 0.3) is 0 Å². The first-order valence-corrected chi connectivity index (χ1v) is 5.60. The molecule has 1 aromatic heterocycles. The Morgan fingerprint density at radius 2 is 2.16 bits per heavy atom. The van der Waals surface area contributed by atoms with Crippen LogP contribution in [-0.2, 0) is 11.8 Å². The fourth-order valence-corrected chi connectivity index (χ4v) is 1.45. The van der Waals surface area contributed by atoms with Crippen LogP contribution in [0.3, 0.4) is 0 Å². The zero-order valence-electron chi connectivity index (χ0n) is 10.3. The van der Waals surface area contributed by atoms with Crippen molar-refractivity contribution in [2.24, 2.45) is 7.05 Å². The molecule has 0 radical (unpaired) electrons. The van der Waals surface area contributed by atoms with Crippen molar-refractivity contribution in [2.45, 2.75) is 0 Å². The van der Waals surface area contributed by atoms with Gasteiger partial charge in [-0.2, -0.15) is 10.4 Å². The minimum Gasteiger partial charge on any atom is -0.484 e. The molecule has 0 aliphatic rings. The molecule has 1 N–H and O–H groups in total. The smallest absolute Gasteiger partial charge is 0.263 e. The van der Waals surface area contributed by atoms with E-state index in [2.05, 4.69) is 10.4 Å². The van der Waals surface area contributed by atoms with E-state index in [1.54, 1.807) is 48.3 Å². The van der Waals surface area contributed by atoms with Crippen LogP contribution < -0.4 is 10.1 Å². The Morgan fingerprint density at radius 1 is 1.42 bits per heavy atom. The third-order valence-electron chi connectivity index (χ3n) is 2.44. The van der Waals surface area contributed by atoms with Crippen molar-refractivity contribution < 1.29 is 9.53 Å². The highest BCUT2D eigenvalue weighted by Gasteiger charge is 2.06. The quantitative estimate of drug-likeness (QED) is 0.894. The van der Waals surface area contributed by atoms with Crippen molar-refractivity contribution in [1.29, 1.82) is 5.26 Å². The average Bonchev–Trinajstić information content (AvgIpc) is 2.82. The lowest BCUT2D eigenvalue weighted by Crippen LogP contribution is -2.21. The van der Waals surface area contributed by atoms with E-state index in [4.69, 9.17) is 10.00 Å². The van der Waals surface area contributed by atoms with Crippen LogP contribution in [-0.4, -0.2) is 22.3 Å². The Labute approximate surface area is 110 Å². The molecule has 6 nitrogen and oxygen atoms in total. The minimum atomic E-state index is -0.270. The number of ether oxygens (including phenoxy) is 1. The van der Waals surface area contributed by atoms with Gasteiger partial charge in [0.2, 0.25) is 0 Å². The molecule has 96 valence electrons. The molecule has 1 aromatic carbocycles. The summed E-state index contributed by atoms with van der Waals surface area (Å²) in [7, 11) is 1.73. The first-order valence-electron chi connectivity index (χ1n) is 5.60. The van der Waals surface area contributed by atoms with Gasteiger partial charge >= 0.3 is 0 Å². The molecule has 2 rings (SSSR count). The van der Waals surface area contributed by atoms with E-state index in [1.165, 1.54) is 0 Å². The van der Waals surface area contributed by atoms with Gasteiger partial charge in [-0.15, -0.1) is 0 Å². The Kier molecular flexibility index (Phi) is 3.78. The topological polar surface area (TPSA) is 79.9 Å². The first-order chi connectivity index (χ1) is 9.19. The number of benzene rings is 1. The summed E-state index contributed by atoms with van der Waals surface area (Å²) >= 11 is 0. The molecule has 19 heavy (non-hydrogen) atoms. The average molecular weight is 256 g/mol. The Balaban J connectivity index is 1.86. The van der Waals surface area contributed by atoms with Gasteiger partial charge in [0.05, 0.1) is 17.8 Å². The standard InChI is InChI=1S/C13H12N4O2/c1-17-12(6-7-15-17)16-13(18)9-19-11-4-2-10(8-14)3-5-11/h2-7H,9H2,1H3,(H,16,18). The number of amides is 1. The predicted molar refractivity (Wildman–Crippen MR) is 68.5 cm³/mol. The number of nitrogens with one attached hydrogen (secondary N) is 1. The van der Waals surface area contributed by atoms with Crippen LogP contribution in [0, 0.1) is 11.3 Å². The highest BCUT2D eigenvalue weighted by atomic mass is 16.5. The molecule has 0 atom stereocenters. The molecule has 0 saturated carbocycles. The highest BCUT2D eigenvalue weighted by Crippen LogP contribution is 2.11. The largest absolute Gasteiger partial charge is 0.484 e. The number of carbonyl (C=O) groups is 1. The van der Waals surface area contributed by atoms with Gasteiger partial charge in [0.1, 0.15) is 11.6 Å². The molecule has 1 amide bonds. The van der Waals surface area contributed by atoms with Crippen LogP contribution in [0.4, 0.5) is 5.82 Å². The molecule has 0 spiro atoms. The number of hydrogen-bond acceptors (Lipinski definition) is 4. The van der Waals surface area contributed by atoms with Gasteiger partial charge in [-0.25, -0.2) is 0 Å². The number of nitriles is 1. The lowest BCUT2D eigenvalue weighted by Gasteiger charge is -2.07. The second-order valence-corrected chi connectivity index (χ2v) is 3.81. The van der Waals surface area contributed by atoms with Crippen LogP contribution in [0.1, 0.15) is 5.56 Å². The van der Waals surface area contributed by atoms with Crippen LogP contribution in [0.2, 0.25) is 0 Å². The van der Waals surface area contributed by atoms with E-state index >= 15 is 0 Å². The number of hydrogen-bond donors (Lipinski definition) is 1. The Bertz CT molecular complexity index is 610. The van der Waals surface area contributed by atoms with Gasteiger partial charge in [0.25, 0.3) is 5.91 Å². The molecule has 0 saturated heterocycles. The monoisotopic (exact) mass is 256 g/mol. The van der Waals surface area contributed by atoms with Crippen molar-refractivity contribution in [3.05, 3.63) is 42.1 Å². The van der Waals surface area contributed by atoms with Gasteiger partial charge in [-0.3, -0.25) is 9.48 Å². The molecule has 0 aliphatic carbocycles. The zero-order valence-corrected chi connectivity index (χ0v) is 10.3. The first kappa shape index (κ1) is 12.6. The summed E-state index contributed by atoms with van der Waals surface area (Å²) in [5.74, 6) is 0.876. The lowest BCUT2D eigenvalue weighted by molar-refractivity contribution is -0.118. The van der Waals surface area contributed by atoms with Crippen molar-refractivity contribution in [3.63, 3.8) is 0 Å². The van der Waals surface area contributed by atoms with Gasteiger partial charge in [-0.05, 0) is 24.3 Å². The summed E-state index contributed by atoms with van der Waals surface area (Å²) in [6.45, 7) is -0.100. The fraction of sp³-hybridized carbons (Fsp3) is 0.154. The summed E-state index contributed by atoms with van der Waals surface area (Å²) in [5, 5.41) is 15.3. The normalized spacial score (nSPS) is 9.68. The SMILES string of the molecule is Cn1nccc1NC(=O)COc1ccc(C#N)cc1. The van der Waals surface area contributed by atoms with E-state index in [1.807, 2.05) is 6.07 Å². The number of aryl methyl sites for hydroxylation is 1. The fourth-order valence-electron chi connectivity index (χ4n) is 1.45. The summed E-state index contributed by atoms with van der Waals surface area (Å²) in [6, 6.07) is 10.3. The number of anilines is 1. The summed E-state index contributed by atoms with van der Waals surface area (Å²) in [4.78, 5) is 11.6. The molecule has 0 unspecified atom stereocenters. The van der Waals surface area contributed by atoms with Crippen molar-refractivity contribution in [1.82, 2.24) is 9.78 Å². The molecule has 2 aromatic rings. The number of rotatable bonds is 4. The summed E-state index contributed by atoms with van der Waals surface area (Å²) in [5.41, 5.74) is 0.548. The third-order valence-corrected chi connectivity index (χ3v) is 2.44. The van der Waals surface area contributed by atoms with Gasteiger partial charge < -0.3 is 10.1 Å². The molecule has 6 heteroatoms. The molecule has 0 aliphatic heterocycles. The van der Waals surface area contributed by atoms with E-state index < -0.39 is 0 Å². The third kappa shape index (κ3) is 3.33. The van der Waals surface area contributed by atoms with Crippen molar-refractivity contribution in [3.8, 4) is 11.8 Å². The maximum atomic E-state index is 11.6. The number of nitrogens with zero attached hydrogens (tertiary/aromatic N) is 3. The maximum absolute atomic E-state index is 11.6. The summed E-state index contributed by atoms with van der Waals surface area (Å²) in [6.07, 6.45) is 1.59. The maximum Gasteiger partial charge on any atom is 0.263 e. The highest BCUT2D eigenvalue weighted by molar-refractivity contribution is 5.91. The van der Waals surface area contributed by atoms with Crippen molar-refractivity contribution in [2.75, 3.05) is 11.9 Å². The van der Waals surface area contributed by atoms with E-state index in [-0.39, 0.29) is 12.5 Å². The van der Waals surface area contributed by atoms with Gasteiger partial charge in [-0.1, -0.05) is 0 Å². The van der Waals surface area contributed by atoms with Gasteiger partial charge in [0.15, 0.2) is 6.61 Å². The lowest BCUT2D eigenvalue weighted by atomic mass is 10.2. The van der Waals surface area contributed by atoms with E-state index in [0.717, 1.165) is 0 Å². The second-order valence-electron chi connectivity index (χ2n) is 3.81. The van der Waals surface area contributed by atoms with Gasteiger partial charge in [0, 0.05) is 13.1 Å². The van der Waals surface area contributed by atoms with Crippen LogP contribution >= 0.6 is 0 Å².